The standard InChI is InChI=1S/C9H7F3N2OS/c1-13-8-14-6-3-2-5(4-7(6)16-8)15-9(10,11)12/h2-4H,1H3,(H,13,14). The lowest BCUT2D eigenvalue weighted by atomic mass is 10.3. The molecule has 1 aromatic carbocycles. The fourth-order valence-electron chi connectivity index (χ4n) is 1.21. The summed E-state index contributed by atoms with van der Waals surface area (Å²) in [7, 11) is 1.70. The van der Waals surface area contributed by atoms with Crippen LogP contribution in [0.25, 0.3) is 10.2 Å². The molecule has 0 saturated carbocycles. The van der Waals surface area contributed by atoms with Crippen LogP contribution in [0, 0.1) is 0 Å². The number of rotatable bonds is 2. The first-order valence-electron chi connectivity index (χ1n) is 4.32. The third kappa shape index (κ3) is 2.35. The molecule has 7 heteroatoms. The number of alkyl halides is 3. The van der Waals surface area contributed by atoms with Crippen LogP contribution in [0.2, 0.25) is 0 Å². The molecule has 0 saturated heterocycles. The average molecular weight is 248 g/mol. The number of thiazole rings is 1. The van der Waals surface area contributed by atoms with Gasteiger partial charge in [0.25, 0.3) is 0 Å². The summed E-state index contributed by atoms with van der Waals surface area (Å²) < 4.78 is 40.4. The van der Waals surface area contributed by atoms with E-state index in [-0.39, 0.29) is 5.75 Å². The van der Waals surface area contributed by atoms with E-state index in [1.54, 1.807) is 7.05 Å². The van der Waals surface area contributed by atoms with Crippen LogP contribution in [-0.4, -0.2) is 18.4 Å². The highest BCUT2D eigenvalue weighted by Gasteiger charge is 2.31. The van der Waals surface area contributed by atoms with Crippen molar-refractivity contribution >= 4 is 26.7 Å². The minimum Gasteiger partial charge on any atom is -0.406 e. The number of fused-ring (bicyclic) bond motifs is 1. The first-order chi connectivity index (χ1) is 7.48. The molecule has 1 aromatic heterocycles. The largest absolute Gasteiger partial charge is 0.573 e. The Labute approximate surface area is 92.9 Å². The second-order valence-electron chi connectivity index (χ2n) is 2.95. The first kappa shape index (κ1) is 11.0. The van der Waals surface area contributed by atoms with Gasteiger partial charge in [0.05, 0.1) is 10.2 Å². The van der Waals surface area contributed by atoms with Crippen molar-refractivity contribution in [1.82, 2.24) is 4.98 Å². The van der Waals surface area contributed by atoms with E-state index >= 15 is 0 Å². The number of halogens is 3. The molecule has 1 heterocycles. The molecule has 0 bridgehead atoms. The number of aromatic nitrogens is 1. The average Bonchev–Trinajstić information content (AvgIpc) is 2.57. The fraction of sp³-hybridized carbons (Fsp3) is 0.222. The van der Waals surface area contributed by atoms with Gasteiger partial charge in [0.2, 0.25) is 0 Å². The van der Waals surface area contributed by atoms with E-state index in [1.807, 2.05) is 0 Å². The zero-order chi connectivity index (χ0) is 11.8. The van der Waals surface area contributed by atoms with Gasteiger partial charge in [0.15, 0.2) is 5.13 Å². The summed E-state index contributed by atoms with van der Waals surface area (Å²) in [5, 5.41) is 3.48. The van der Waals surface area contributed by atoms with Crippen LogP contribution < -0.4 is 10.1 Å². The van der Waals surface area contributed by atoms with Gasteiger partial charge in [-0.1, -0.05) is 11.3 Å². The van der Waals surface area contributed by atoms with Gasteiger partial charge in [-0.05, 0) is 12.1 Å². The summed E-state index contributed by atoms with van der Waals surface area (Å²) >= 11 is 1.27. The van der Waals surface area contributed by atoms with E-state index in [9.17, 15) is 13.2 Å². The van der Waals surface area contributed by atoms with Gasteiger partial charge in [-0.2, -0.15) is 0 Å². The quantitative estimate of drug-likeness (QED) is 0.885. The van der Waals surface area contributed by atoms with Crippen LogP contribution in [0.1, 0.15) is 0 Å². The summed E-state index contributed by atoms with van der Waals surface area (Å²) in [4.78, 5) is 4.14. The molecule has 0 fully saturated rings. The molecule has 0 aliphatic rings. The molecule has 0 atom stereocenters. The van der Waals surface area contributed by atoms with E-state index in [4.69, 9.17) is 0 Å². The predicted molar refractivity (Wildman–Crippen MR) is 55.8 cm³/mol. The molecule has 0 unspecified atom stereocenters. The molecule has 0 radical (unpaired) electrons. The van der Waals surface area contributed by atoms with Gasteiger partial charge < -0.3 is 10.1 Å². The molecule has 0 aliphatic carbocycles. The fourth-order valence-corrected chi connectivity index (χ4v) is 2.06. The Bertz CT molecular complexity index is 509. The van der Waals surface area contributed by atoms with Gasteiger partial charge in [-0.25, -0.2) is 4.98 Å². The van der Waals surface area contributed by atoms with Crippen LogP contribution >= 0.6 is 11.3 Å². The Morgan fingerprint density at radius 3 is 2.75 bits per heavy atom. The van der Waals surface area contributed by atoms with Gasteiger partial charge in [-0.15, -0.1) is 13.2 Å². The maximum atomic E-state index is 12.0. The lowest BCUT2D eigenvalue weighted by molar-refractivity contribution is -0.274. The van der Waals surface area contributed by atoms with Crippen molar-refractivity contribution in [2.75, 3.05) is 12.4 Å². The summed E-state index contributed by atoms with van der Waals surface area (Å²) in [6.45, 7) is 0. The Balaban J connectivity index is 2.36. The summed E-state index contributed by atoms with van der Waals surface area (Å²) in [6.07, 6.45) is -4.66. The van der Waals surface area contributed by atoms with Crippen LogP contribution in [-0.2, 0) is 0 Å². The molecular formula is C9H7F3N2OS. The van der Waals surface area contributed by atoms with E-state index < -0.39 is 6.36 Å². The lowest BCUT2D eigenvalue weighted by Crippen LogP contribution is -2.16. The molecule has 86 valence electrons. The molecule has 2 aromatic rings. The van der Waals surface area contributed by atoms with Gasteiger partial charge >= 0.3 is 6.36 Å². The molecule has 3 nitrogen and oxygen atoms in total. The Morgan fingerprint density at radius 2 is 2.12 bits per heavy atom. The Morgan fingerprint density at radius 1 is 1.38 bits per heavy atom. The van der Waals surface area contributed by atoms with Gasteiger partial charge in [0, 0.05) is 13.1 Å². The highest BCUT2D eigenvalue weighted by atomic mass is 32.1. The molecule has 1 N–H and O–H groups in total. The number of anilines is 1. The van der Waals surface area contributed by atoms with Crippen molar-refractivity contribution in [3.8, 4) is 5.75 Å². The summed E-state index contributed by atoms with van der Waals surface area (Å²) in [5.41, 5.74) is 0.642. The summed E-state index contributed by atoms with van der Waals surface area (Å²) in [5.74, 6) is -0.230. The minimum absolute atomic E-state index is 0.230. The predicted octanol–water partition coefficient (Wildman–Crippen LogP) is 3.24. The highest BCUT2D eigenvalue weighted by Crippen LogP contribution is 2.31. The highest BCUT2D eigenvalue weighted by molar-refractivity contribution is 7.22. The van der Waals surface area contributed by atoms with Crippen LogP contribution in [0.15, 0.2) is 18.2 Å². The molecule has 0 aliphatic heterocycles. The van der Waals surface area contributed by atoms with E-state index in [0.717, 1.165) is 0 Å². The minimum atomic E-state index is -4.66. The smallest absolute Gasteiger partial charge is 0.406 e. The number of hydrogen-bond acceptors (Lipinski definition) is 4. The zero-order valence-electron chi connectivity index (χ0n) is 8.13. The molecular weight excluding hydrogens is 241 g/mol. The van der Waals surface area contributed by atoms with Crippen molar-refractivity contribution in [3.63, 3.8) is 0 Å². The van der Waals surface area contributed by atoms with Crippen molar-refractivity contribution < 1.29 is 17.9 Å². The summed E-state index contributed by atoms with van der Waals surface area (Å²) in [6, 6.07) is 4.06. The lowest BCUT2D eigenvalue weighted by Gasteiger charge is -2.07. The Hall–Kier alpha value is -1.50. The van der Waals surface area contributed by atoms with Crippen LogP contribution in [0.4, 0.5) is 18.3 Å². The third-order valence-electron chi connectivity index (χ3n) is 1.81. The van der Waals surface area contributed by atoms with Crippen molar-refractivity contribution in [2.24, 2.45) is 0 Å². The van der Waals surface area contributed by atoms with Crippen LogP contribution in [0.5, 0.6) is 5.75 Å². The number of ether oxygens (including phenoxy) is 1. The SMILES string of the molecule is CNc1nc2ccc(OC(F)(F)F)cc2s1. The van der Waals surface area contributed by atoms with E-state index in [1.165, 1.54) is 29.5 Å². The van der Waals surface area contributed by atoms with Gasteiger partial charge in [-0.3, -0.25) is 0 Å². The maximum absolute atomic E-state index is 12.0. The monoisotopic (exact) mass is 248 g/mol. The third-order valence-corrected chi connectivity index (χ3v) is 2.84. The number of nitrogens with one attached hydrogen (secondary N) is 1. The molecule has 0 spiro atoms. The maximum Gasteiger partial charge on any atom is 0.573 e. The second kappa shape index (κ2) is 3.82. The zero-order valence-corrected chi connectivity index (χ0v) is 8.95. The normalized spacial score (nSPS) is 11.8. The van der Waals surface area contributed by atoms with Crippen molar-refractivity contribution in [3.05, 3.63) is 18.2 Å². The molecule has 2 rings (SSSR count). The number of nitrogens with zero attached hydrogens (tertiary/aromatic N) is 1. The van der Waals surface area contributed by atoms with E-state index in [2.05, 4.69) is 15.0 Å². The molecule has 16 heavy (non-hydrogen) atoms. The Kier molecular flexibility index (Phi) is 2.63. The second-order valence-corrected chi connectivity index (χ2v) is 3.98. The first-order valence-corrected chi connectivity index (χ1v) is 5.14. The van der Waals surface area contributed by atoms with Crippen LogP contribution in [0.3, 0.4) is 0 Å². The topological polar surface area (TPSA) is 34.2 Å². The molecule has 0 amide bonds. The van der Waals surface area contributed by atoms with Gasteiger partial charge in [0.1, 0.15) is 5.75 Å². The van der Waals surface area contributed by atoms with Crippen molar-refractivity contribution in [2.45, 2.75) is 6.36 Å². The van der Waals surface area contributed by atoms with Crippen molar-refractivity contribution in [1.29, 1.82) is 0 Å². The number of benzene rings is 1. The van der Waals surface area contributed by atoms with E-state index in [0.29, 0.717) is 15.3 Å². The number of hydrogen-bond donors (Lipinski definition) is 1.